The second kappa shape index (κ2) is 10.1. The Hall–Kier alpha value is -4.98. The van der Waals surface area contributed by atoms with Crippen molar-refractivity contribution in [3.63, 3.8) is 0 Å². The van der Waals surface area contributed by atoms with E-state index in [1.807, 2.05) is 0 Å². The molecule has 0 radical (unpaired) electrons. The number of hydrogen-bond donors (Lipinski definition) is 3. The summed E-state index contributed by atoms with van der Waals surface area (Å²) in [5.41, 5.74) is 9.50. The molecule has 0 aliphatic rings. The lowest BCUT2D eigenvalue weighted by molar-refractivity contribution is -0.142. The van der Waals surface area contributed by atoms with Crippen LogP contribution in [0, 0.1) is 0 Å². The molecule has 7 nitrogen and oxygen atoms in total. The third-order valence-corrected chi connectivity index (χ3v) is 5.62. The van der Waals surface area contributed by atoms with Crippen molar-refractivity contribution >= 4 is 40.5 Å². The molecule has 180 valence electrons. The molecule has 4 aromatic carbocycles. The molecule has 8 heteroatoms. The molecule has 36 heavy (non-hydrogen) atoms. The zero-order chi connectivity index (χ0) is 25.7. The largest absolute Gasteiger partial charge is 0.397 e. The van der Waals surface area contributed by atoms with Gasteiger partial charge in [-0.2, -0.15) is 0 Å². The van der Waals surface area contributed by atoms with Gasteiger partial charge in [-0.3, -0.25) is 19.3 Å². The van der Waals surface area contributed by atoms with Crippen molar-refractivity contribution in [2.75, 3.05) is 16.0 Å². The molecule has 0 saturated heterocycles. The van der Waals surface area contributed by atoms with E-state index in [0.717, 1.165) is 4.90 Å². The molecule has 0 aromatic heterocycles. The van der Waals surface area contributed by atoms with Crippen molar-refractivity contribution in [2.45, 2.75) is 5.67 Å². The van der Waals surface area contributed by atoms with Crippen molar-refractivity contribution in [3.05, 3.63) is 120 Å². The minimum absolute atomic E-state index is 0.171. The lowest BCUT2D eigenvalue weighted by Gasteiger charge is -2.30. The first-order chi connectivity index (χ1) is 17.3. The Morgan fingerprint density at radius 2 is 1.22 bits per heavy atom. The van der Waals surface area contributed by atoms with Crippen molar-refractivity contribution < 1.29 is 18.8 Å². The van der Waals surface area contributed by atoms with Gasteiger partial charge in [0, 0.05) is 22.5 Å². The number of alkyl halides is 1. The molecular weight excluding hydrogens is 459 g/mol. The maximum Gasteiger partial charge on any atom is 0.291 e. The summed E-state index contributed by atoms with van der Waals surface area (Å²) >= 11 is 0. The number of para-hydroxylation sites is 4. The van der Waals surface area contributed by atoms with Crippen molar-refractivity contribution in [3.8, 4) is 0 Å². The van der Waals surface area contributed by atoms with Gasteiger partial charge in [0.15, 0.2) is 0 Å². The second-order valence-electron chi connectivity index (χ2n) is 7.95. The average molecular weight is 483 g/mol. The van der Waals surface area contributed by atoms with Gasteiger partial charge in [-0.05, 0) is 48.5 Å². The van der Waals surface area contributed by atoms with Crippen LogP contribution in [-0.2, 0) is 15.3 Å². The van der Waals surface area contributed by atoms with Crippen molar-refractivity contribution in [1.29, 1.82) is 0 Å². The first kappa shape index (κ1) is 24.2. The molecule has 0 bridgehead atoms. The molecular formula is C28H23FN4O3. The summed E-state index contributed by atoms with van der Waals surface area (Å²) in [4.78, 5) is 39.8. The van der Waals surface area contributed by atoms with Crippen LogP contribution in [0.1, 0.15) is 15.9 Å². The Bertz CT molecular complexity index is 1360. The van der Waals surface area contributed by atoms with Gasteiger partial charge in [0.2, 0.25) is 0 Å². The maximum absolute atomic E-state index is 16.4. The fourth-order valence-electron chi connectivity index (χ4n) is 3.72. The van der Waals surface area contributed by atoms with Crippen LogP contribution in [0.4, 0.5) is 27.1 Å². The van der Waals surface area contributed by atoms with Gasteiger partial charge < -0.3 is 16.8 Å². The first-order valence-corrected chi connectivity index (χ1v) is 11.0. The number of anilines is 4. The summed E-state index contributed by atoms with van der Waals surface area (Å²) in [5, 5.41) is 2.67. The highest BCUT2D eigenvalue weighted by molar-refractivity contribution is 6.17. The number of nitrogen functional groups attached to an aromatic ring is 1. The van der Waals surface area contributed by atoms with Crippen LogP contribution in [0.25, 0.3) is 0 Å². The Labute approximate surface area is 207 Å². The lowest BCUT2D eigenvalue weighted by atomic mass is 9.91. The van der Waals surface area contributed by atoms with E-state index in [-0.39, 0.29) is 11.1 Å². The van der Waals surface area contributed by atoms with Gasteiger partial charge in [-0.25, -0.2) is 4.39 Å². The van der Waals surface area contributed by atoms with E-state index in [9.17, 15) is 14.4 Å². The van der Waals surface area contributed by atoms with E-state index in [4.69, 9.17) is 11.5 Å². The number of nitrogens with one attached hydrogen (secondary N) is 1. The molecule has 5 N–H and O–H groups in total. The normalized spacial score (nSPS) is 12.2. The highest BCUT2D eigenvalue weighted by Gasteiger charge is 2.50. The van der Waals surface area contributed by atoms with Crippen LogP contribution >= 0.6 is 0 Å². The number of primary amides is 1. The van der Waals surface area contributed by atoms with Crippen molar-refractivity contribution in [2.24, 2.45) is 5.73 Å². The average Bonchev–Trinajstić information content (AvgIpc) is 2.91. The SMILES string of the molecule is NC(=O)C(F)(C(=O)N(c1ccccc1)c1ccccc1)c1ccc(C(=O)Nc2ccccc2N)cc1. The Morgan fingerprint density at radius 1 is 0.722 bits per heavy atom. The van der Waals surface area contributed by atoms with E-state index in [2.05, 4.69) is 5.32 Å². The van der Waals surface area contributed by atoms with E-state index in [1.54, 1.807) is 84.9 Å². The third-order valence-electron chi connectivity index (χ3n) is 5.62. The van der Waals surface area contributed by atoms with E-state index in [1.165, 1.54) is 24.3 Å². The van der Waals surface area contributed by atoms with E-state index < -0.39 is 23.4 Å². The van der Waals surface area contributed by atoms with E-state index >= 15 is 4.39 Å². The molecule has 0 fully saturated rings. The first-order valence-electron chi connectivity index (χ1n) is 11.0. The maximum atomic E-state index is 16.4. The number of hydrogen-bond acceptors (Lipinski definition) is 4. The predicted molar refractivity (Wildman–Crippen MR) is 137 cm³/mol. The lowest BCUT2D eigenvalue weighted by Crippen LogP contribution is -2.50. The van der Waals surface area contributed by atoms with Crippen LogP contribution in [0.5, 0.6) is 0 Å². The van der Waals surface area contributed by atoms with E-state index in [0.29, 0.717) is 22.7 Å². The second-order valence-corrected chi connectivity index (χ2v) is 7.95. The van der Waals surface area contributed by atoms with Crippen molar-refractivity contribution in [1.82, 2.24) is 0 Å². The van der Waals surface area contributed by atoms with Crippen LogP contribution in [0.15, 0.2) is 109 Å². The quantitative estimate of drug-likeness (QED) is 0.265. The monoisotopic (exact) mass is 482 g/mol. The fraction of sp³-hybridized carbons (Fsp3) is 0.0357. The molecule has 0 aliphatic carbocycles. The standard InChI is InChI=1S/C28H23FN4O3/c29-28(26(31)35,27(36)33(21-9-3-1-4-10-21)22-11-5-2-6-12-22)20-17-15-19(16-18-20)25(34)32-24-14-8-7-13-23(24)30/h1-18H,30H2,(H2,31,35)(H,32,34). The number of nitrogens with two attached hydrogens (primary N) is 2. The molecule has 0 saturated carbocycles. The minimum Gasteiger partial charge on any atom is -0.397 e. The molecule has 0 heterocycles. The summed E-state index contributed by atoms with van der Waals surface area (Å²) < 4.78 is 16.4. The smallest absolute Gasteiger partial charge is 0.291 e. The topological polar surface area (TPSA) is 119 Å². The van der Waals surface area contributed by atoms with Crippen LogP contribution < -0.4 is 21.7 Å². The number of benzene rings is 4. The highest BCUT2D eigenvalue weighted by atomic mass is 19.1. The summed E-state index contributed by atoms with van der Waals surface area (Å²) in [6, 6.07) is 28.5. The summed E-state index contributed by atoms with van der Waals surface area (Å²) in [5.74, 6) is -3.15. The van der Waals surface area contributed by atoms with Gasteiger partial charge in [-0.15, -0.1) is 0 Å². The minimum atomic E-state index is -3.20. The van der Waals surface area contributed by atoms with Gasteiger partial charge in [0.05, 0.1) is 11.4 Å². The number of nitrogens with zero attached hydrogens (tertiary/aromatic N) is 1. The van der Waals surface area contributed by atoms with Gasteiger partial charge >= 0.3 is 0 Å². The zero-order valence-electron chi connectivity index (χ0n) is 19.1. The number of carbonyl (C=O) groups is 3. The highest BCUT2D eigenvalue weighted by Crippen LogP contribution is 2.35. The third kappa shape index (κ3) is 4.65. The van der Waals surface area contributed by atoms with Crippen LogP contribution in [0.2, 0.25) is 0 Å². The summed E-state index contributed by atoms with van der Waals surface area (Å²) in [7, 11) is 0. The molecule has 1 unspecified atom stereocenters. The van der Waals surface area contributed by atoms with Gasteiger partial charge in [-0.1, -0.05) is 60.7 Å². The van der Waals surface area contributed by atoms with Gasteiger partial charge in [0.25, 0.3) is 23.4 Å². The number of halogens is 1. The zero-order valence-corrected chi connectivity index (χ0v) is 19.1. The molecule has 1 atom stereocenters. The molecule has 4 rings (SSSR count). The van der Waals surface area contributed by atoms with Crippen LogP contribution in [-0.4, -0.2) is 17.7 Å². The Morgan fingerprint density at radius 3 is 1.72 bits per heavy atom. The fourth-order valence-corrected chi connectivity index (χ4v) is 3.72. The number of carbonyl (C=O) groups excluding carboxylic acids is 3. The predicted octanol–water partition coefficient (Wildman–Crippen LogP) is 4.54. The number of rotatable bonds is 7. The number of amides is 3. The summed E-state index contributed by atoms with van der Waals surface area (Å²) in [6.45, 7) is 0. The van der Waals surface area contributed by atoms with Gasteiger partial charge in [0.1, 0.15) is 0 Å². The van der Waals surface area contributed by atoms with Crippen LogP contribution in [0.3, 0.4) is 0 Å². The molecule has 0 aliphatic heterocycles. The molecule has 3 amide bonds. The summed E-state index contributed by atoms with van der Waals surface area (Å²) in [6.07, 6.45) is 0. The molecule has 4 aromatic rings. The molecule has 0 spiro atoms. The Kier molecular flexibility index (Phi) is 6.78. The Balaban J connectivity index is 1.69.